The van der Waals surface area contributed by atoms with Gasteiger partial charge in [0, 0.05) is 6.42 Å². The van der Waals surface area contributed by atoms with Gasteiger partial charge in [-0.2, -0.15) is 0 Å². The highest BCUT2D eigenvalue weighted by molar-refractivity contribution is 5.80. The summed E-state index contributed by atoms with van der Waals surface area (Å²) in [5.41, 5.74) is 0. The van der Waals surface area contributed by atoms with E-state index in [2.05, 4.69) is 86.8 Å². The summed E-state index contributed by atoms with van der Waals surface area (Å²) >= 11 is 0. The smallest absolute Gasteiger partial charge is 0.306 e. The Kier molecular flexibility index (Phi) is 45.7. The molecule has 0 aromatic heterocycles. The number of carbonyl (C=O) groups excluding carboxylic acids is 2. The molecule has 1 aliphatic rings. The van der Waals surface area contributed by atoms with Crippen LogP contribution in [-0.2, 0) is 23.8 Å². The van der Waals surface area contributed by atoms with Crippen LogP contribution in [0.2, 0.25) is 0 Å². The van der Waals surface area contributed by atoms with Gasteiger partial charge in [-0.1, -0.05) is 216 Å². The van der Waals surface area contributed by atoms with Crippen molar-refractivity contribution in [3.05, 3.63) is 72.9 Å². The predicted molar refractivity (Wildman–Crippen MR) is 296 cm³/mol. The van der Waals surface area contributed by atoms with Gasteiger partial charge in [-0.05, 0) is 89.9 Å². The van der Waals surface area contributed by atoms with Crippen LogP contribution in [0.15, 0.2) is 72.9 Å². The highest BCUT2D eigenvalue weighted by atomic mass is 16.7. The second-order valence-corrected chi connectivity index (χ2v) is 20.0. The molecule has 8 atom stereocenters. The first-order valence-electron chi connectivity index (χ1n) is 29.2. The largest absolute Gasteiger partial charge is 0.454 e. The molecule has 1 saturated heterocycles. The third-order valence-corrected chi connectivity index (χ3v) is 13.4. The van der Waals surface area contributed by atoms with Crippen molar-refractivity contribution in [2.75, 3.05) is 13.2 Å². The fourth-order valence-corrected chi connectivity index (χ4v) is 8.65. The van der Waals surface area contributed by atoms with Crippen molar-refractivity contribution >= 4 is 11.9 Å². The summed E-state index contributed by atoms with van der Waals surface area (Å²) in [7, 11) is 0. The number of nitrogens with one attached hydrogen (secondary N) is 1. The maximum absolute atomic E-state index is 13.4. The molecular weight excluding hydrogens is 907 g/mol. The molecule has 11 nitrogen and oxygen atoms in total. The first-order valence-corrected chi connectivity index (χ1v) is 29.2. The monoisotopic (exact) mass is 1010 g/mol. The van der Waals surface area contributed by atoms with Gasteiger partial charge in [0.2, 0.25) is 5.91 Å². The van der Waals surface area contributed by atoms with Gasteiger partial charge in [0.05, 0.1) is 25.4 Å². The Hall–Kier alpha value is -2.90. The SMILES string of the molecule is CCCCC/C=C\C/C=C\C/C=C\CCCCCCC(=O)OC1C(OCC(NC(=O)C(O)CCCCCCC/C=C/C=C/CCCCC)C(O)/C=C/CCCCCCCCCCCC)OC(CO)C(O)C1O. The number of amides is 1. The van der Waals surface area contributed by atoms with Crippen LogP contribution in [0.5, 0.6) is 0 Å². The second kappa shape index (κ2) is 49.0. The summed E-state index contributed by atoms with van der Waals surface area (Å²) in [4.78, 5) is 26.5. The van der Waals surface area contributed by atoms with Crippen molar-refractivity contribution in [3.63, 3.8) is 0 Å². The number of esters is 1. The van der Waals surface area contributed by atoms with Gasteiger partial charge in [-0.3, -0.25) is 9.59 Å². The van der Waals surface area contributed by atoms with E-state index in [1.54, 1.807) is 6.08 Å². The first-order chi connectivity index (χ1) is 35.2. The van der Waals surface area contributed by atoms with Crippen LogP contribution in [-0.4, -0.2) is 99.6 Å². The Balaban J connectivity index is 2.75. The molecule has 0 bridgehead atoms. The molecule has 72 heavy (non-hydrogen) atoms. The molecular formula is C61H107NO10. The van der Waals surface area contributed by atoms with E-state index in [-0.39, 0.29) is 19.4 Å². The molecule has 8 unspecified atom stereocenters. The lowest BCUT2D eigenvalue weighted by Crippen LogP contribution is -2.61. The molecule has 1 amide bonds. The van der Waals surface area contributed by atoms with Gasteiger partial charge < -0.3 is 45.1 Å². The lowest BCUT2D eigenvalue weighted by molar-refractivity contribution is -0.305. The van der Waals surface area contributed by atoms with E-state index in [0.29, 0.717) is 12.8 Å². The van der Waals surface area contributed by atoms with Crippen LogP contribution in [0.3, 0.4) is 0 Å². The van der Waals surface area contributed by atoms with Gasteiger partial charge >= 0.3 is 5.97 Å². The van der Waals surface area contributed by atoms with E-state index in [1.165, 1.54) is 89.9 Å². The summed E-state index contributed by atoms with van der Waals surface area (Å²) in [5, 5.41) is 56.8. The quantitative estimate of drug-likeness (QED) is 0.0149. The van der Waals surface area contributed by atoms with Crippen LogP contribution < -0.4 is 5.32 Å². The zero-order valence-corrected chi connectivity index (χ0v) is 45.8. The maximum atomic E-state index is 13.4. The van der Waals surface area contributed by atoms with E-state index < -0.39 is 67.4 Å². The van der Waals surface area contributed by atoms with E-state index in [4.69, 9.17) is 14.2 Å². The summed E-state index contributed by atoms with van der Waals surface area (Å²) in [5.74, 6) is -1.23. The Bertz CT molecular complexity index is 1440. The third kappa shape index (κ3) is 36.9. The molecule has 0 spiro atoms. The number of hydrogen-bond donors (Lipinski definition) is 6. The Morgan fingerprint density at radius 3 is 1.54 bits per heavy atom. The molecule has 1 fully saturated rings. The number of rotatable bonds is 48. The topological polar surface area (TPSA) is 175 Å². The molecule has 11 heteroatoms. The molecule has 0 radical (unpaired) electrons. The highest BCUT2D eigenvalue weighted by Gasteiger charge is 2.47. The predicted octanol–water partition coefficient (Wildman–Crippen LogP) is 13.2. The van der Waals surface area contributed by atoms with E-state index in [9.17, 15) is 35.1 Å². The lowest BCUT2D eigenvalue weighted by atomic mass is 9.99. The third-order valence-electron chi connectivity index (χ3n) is 13.4. The van der Waals surface area contributed by atoms with Crippen LogP contribution >= 0.6 is 0 Å². The van der Waals surface area contributed by atoms with Crippen LogP contribution in [0.25, 0.3) is 0 Å². The van der Waals surface area contributed by atoms with Gasteiger partial charge in [-0.15, -0.1) is 0 Å². The molecule has 1 heterocycles. The lowest BCUT2D eigenvalue weighted by Gasteiger charge is -2.41. The second-order valence-electron chi connectivity index (χ2n) is 20.0. The maximum Gasteiger partial charge on any atom is 0.306 e. The Morgan fingerprint density at radius 2 is 1.00 bits per heavy atom. The number of aliphatic hydroxyl groups is 5. The van der Waals surface area contributed by atoms with Gasteiger partial charge in [0.25, 0.3) is 0 Å². The van der Waals surface area contributed by atoms with Crippen LogP contribution in [0.4, 0.5) is 0 Å². The number of carbonyl (C=O) groups is 2. The van der Waals surface area contributed by atoms with Crippen molar-refractivity contribution in [1.29, 1.82) is 0 Å². The Morgan fingerprint density at radius 1 is 0.556 bits per heavy atom. The zero-order valence-electron chi connectivity index (χ0n) is 45.8. The minimum atomic E-state index is -1.63. The number of hydrogen-bond acceptors (Lipinski definition) is 10. The highest BCUT2D eigenvalue weighted by Crippen LogP contribution is 2.26. The summed E-state index contributed by atoms with van der Waals surface area (Å²) < 4.78 is 17.6. The van der Waals surface area contributed by atoms with Crippen LogP contribution in [0.1, 0.15) is 239 Å². The molecule has 1 aliphatic heterocycles. The molecule has 416 valence electrons. The minimum absolute atomic E-state index is 0.0940. The Labute approximate surface area is 439 Å². The molecule has 0 aromatic carbocycles. The fraction of sp³-hybridized carbons (Fsp3) is 0.770. The van der Waals surface area contributed by atoms with E-state index in [1.807, 2.05) is 6.08 Å². The molecule has 0 saturated carbocycles. The molecule has 1 rings (SSSR count). The number of aliphatic hydroxyl groups excluding tert-OH is 5. The van der Waals surface area contributed by atoms with Gasteiger partial charge in [0.1, 0.15) is 24.4 Å². The van der Waals surface area contributed by atoms with Crippen molar-refractivity contribution in [1.82, 2.24) is 5.32 Å². The number of unbranched alkanes of at least 4 members (excludes halogenated alkanes) is 25. The molecule has 0 aromatic rings. The number of ether oxygens (including phenoxy) is 3. The fourth-order valence-electron chi connectivity index (χ4n) is 8.65. The van der Waals surface area contributed by atoms with Crippen molar-refractivity contribution in [3.8, 4) is 0 Å². The minimum Gasteiger partial charge on any atom is -0.454 e. The summed E-state index contributed by atoms with van der Waals surface area (Å²) in [6.45, 7) is 5.69. The summed E-state index contributed by atoms with van der Waals surface area (Å²) in [6, 6.07) is -1.04. The van der Waals surface area contributed by atoms with Gasteiger partial charge in [0.15, 0.2) is 12.4 Å². The van der Waals surface area contributed by atoms with E-state index >= 15 is 0 Å². The van der Waals surface area contributed by atoms with Crippen molar-refractivity contribution in [2.24, 2.45) is 0 Å². The molecule has 0 aliphatic carbocycles. The van der Waals surface area contributed by atoms with Crippen molar-refractivity contribution < 1.29 is 49.3 Å². The van der Waals surface area contributed by atoms with Crippen molar-refractivity contribution in [2.45, 2.75) is 288 Å². The standard InChI is InChI=1S/C61H107NO10/c1-4-7-10-13-16-19-22-25-27-28-29-31-34-37-40-43-46-49-56(66)72-59-58(68)57(67)55(50-63)71-61(59)70-51-52(53(64)47-44-41-38-35-32-24-21-18-15-12-9-6-3)62-60(69)54(65)48-45-42-39-36-33-30-26-23-20-17-14-11-8-5-2/h16-17,19-20,23,25-27,29,31,44,47,52-55,57-59,61,63-65,67-68H,4-15,18,21-22,24,28,30,32-43,45-46,48-51H2,1-3H3,(H,62,69)/b19-16-,20-17+,26-23+,27-25-,31-29-,47-44+. The van der Waals surface area contributed by atoms with Crippen LogP contribution in [0, 0.1) is 0 Å². The first kappa shape index (κ1) is 67.1. The average Bonchev–Trinajstić information content (AvgIpc) is 3.38. The summed E-state index contributed by atoms with van der Waals surface area (Å²) in [6.07, 6.45) is 50.8. The normalized spacial score (nSPS) is 20.0. The van der Waals surface area contributed by atoms with E-state index in [0.717, 1.165) is 103 Å². The number of allylic oxidation sites excluding steroid dienone is 11. The zero-order chi connectivity index (χ0) is 52.5. The molecule has 6 N–H and O–H groups in total. The average molecular weight is 1010 g/mol. The van der Waals surface area contributed by atoms with Gasteiger partial charge in [-0.25, -0.2) is 0 Å².